The zero-order chi connectivity index (χ0) is 20.4. The SMILES string of the molecule is CCNC(=NCc1ccc(NC(=O)NC(C)C)cc1)N(C)CCc1cccs1.I. The number of carbonyl (C=O) groups is 1. The number of halogens is 1. The van der Waals surface area contributed by atoms with E-state index in [1.807, 2.05) is 38.1 Å². The summed E-state index contributed by atoms with van der Waals surface area (Å²) >= 11 is 1.79. The molecular weight excluding hydrogens is 497 g/mol. The van der Waals surface area contributed by atoms with Gasteiger partial charge in [0.15, 0.2) is 5.96 Å². The van der Waals surface area contributed by atoms with E-state index in [0.717, 1.165) is 36.7 Å². The molecule has 2 rings (SSSR count). The quantitative estimate of drug-likeness (QED) is 0.267. The van der Waals surface area contributed by atoms with Crippen molar-refractivity contribution < 1.29 is 4.79 Å². The van der Waals surface area contributed by atoms with Crippen LogP contribution in [0, 0.1) is 0 Å². The third-order valence-corrected chi connectivity index (χ3v) is 4.95. The maximum atomic E-state index is 11.8. The molecule has 1 aromatic carbocycles. The molecule has 0 radical (unpaired) electrons. The molecule has 0 aliphatic carbocycles. The van der Waals surface area contributed by atoms with Gasteiger partial charge in [-0.05, 0) is 56.3 Å². The van der Waals surface area contributed by atoms with Gasteiger partial charge in [0.25, 0.3) is 0 Å². The van der Waals surface area contributed by atoms with Gasteiger partial charge in [-0.25, -0.2) is 9.79 Å². The molecule has 0 aliphatic heterocycles. The second-order valence-electron chi connectivity index (χ2n) is 6.87. The average Bonchev–Trinajstić information content (AvgIpc) is 3.17. The van der Waals surface area contributed by atoms with Gasteiger partial charge in [0, 0.05) is 36.7 Å². The van der Waals surface area contributed by atoms with Crippen LogP contribution in [0.2, 0.25) is 0 Å². The van der Waals surface area contributed by atoms with Crippen molar-refractivity contribution in [3.63, 3.8) is 0 Å². The number of hydrogen-bond acceptors (Lipinski definition) is 3. The number of amides is 2. The van der Waals surface area contributed by atoms with Crippen molar-refractivity contribution in [2.24, 2.45) is 4.99 Å². The lowest BCUT2D eigenvalue weighted by Gasteiger charge is -2.21. The number of nitrogens with one attached hydrogen (secondary N) is 3. The van der Waals surface area contributed by atoms with Gasteiger partial charge in [0.05, 0.1) is 6.54 Å². The molecule has 1 heterocycles. The van der Waals surface area contributed by atoms with Gasteiger partial charge in [0.2, 0.25) is 0 Å². The van der Waals surface area contributed by atoms with Gasteiger partial charge < -0.3 is 20.9 Å². The molecule has 0 saturated carbocycles. The Labute approximate surface area is 195 Å². The molecular formula is C21H32IN5OS. The first-order chi connectivity index (χ1) is 13.5. The number of carbonyl (C=O) groups excluding carboxylic acids is 1. The summed E-state index contributed by atoms with van der Waals surface area (Å²) in [5.41, 5.74) is 1.86. The Morgan fingerprint density at radius 2 is 1.93 bits per heavy atom. The van der Waals surface area contributed by atoms with Crippen molar-refractivity contribution in [1.82, 2.24) is 15.5 Å². The van der Waals surface area contributed by atoms with E-state index >= 15 is 0 Å². The zero-order valence-corrected chi connectivity index (χ0v) is 20.7. The summed E-state index contributed by atoms with van der Waals surface area (Å²) in [5.74, 6) is 0.901. The number of guanidine groups is 1. The lowest BCUT2D eigenvalue weighted by molar-refractivity contribution is 0.250. The highest BCUT2D eigenvalue weighted by Crippen LogP contribution is 2.11. The van der Waals surface area contributed by atoms with Crippen LogP contribution in [-0.2, 0) is 13.0 Å². The van der Waals surface area contributed by atoms with E-state index in [9.17, 15) is 4.79 Å². The summed E-state index contributed by atoms with van der Waals surface area (Å²) in [6, 6.07) is 11.9. The second-order valence-corrected chi connectivity index (χ2v) is 7.90. The predicted octanol–water partition coefficient (Wildman–Crippen LogP) is 4.54. The summed E-state index contributed by atoms with van der Waals surface area (Å²) < 4.78 is 0. The van der Waals surface area contributed by atoms with Gasteiger partial charge in [-0.3, -0.25) is 0 Å². The molecule has 2 amide bonds. The Kier molecular flexibility index (Phi) is 11.7. The fraction of sp³-hybridized carbons (Fsp3) is 0.429. The lowest BCUT2D eigenvalue weighted by atomic mass is 10.2. The molecule has 0 fully saturated rings. The summed E-state index contributed by atoms with van der Waals surface area (Å²) in [6.45, 7) is 8.27. The Bertz CT molecular complexity index is 747. The highest BCUT2D eigenvalue weighted by atomic mass is 127. The molecule has 8 heteroatoms. The highest BCUT2D eigenvalue weighted by Gasteiger charge is 2.07. The Balaban J connectivity index is 0.00000420. The molecule has 0 saturated heterocycles. The molecule has 29 heavy (non-hydrogen) atoms. The molecule has 0 unspecified atom stereocenters. The van der Waals surface area contributed by atoms with Crippen molar-refractivity contribution >= 4 is 53.0 Å². The van der Waals surface area contributed by atoms with Crippen LogP contribution in [0.15, 0.2) is 46.8 Å². The first kappa shape index (κ1) is 25.2. The molecule has 0 aliphatic rings. The van der Waals surface area contributed by atoms with Crippen LogP contribution >= 0.6 is 35.3 Å². The van der Waals surface area contributed by atoms with Crippen molar-refractivity contribution in [1.29, 1.82) is 0 Å². The summed E-state index contributed by atoms with van der Waals surface area (Å²) in [5, 5.41) is 11.1. The number of nitrogens with zero attached hydrogens (tertiary/aromatic N) is 2. The van der Waals surface area contributed by atoms with Crippen LogP contribution in [0.4, 0.5) is 10.5 Å². The maximum Gasteiger partial charge on any atom is 0.319 e. The van der Waals surface area contributed by atoms with Crippen molar-refractivity contribution in [2.45, 2.75) is 39.8 Å². The molecule has 0 spiro atoms. The first-order valence-corrected chi connectivity index (χ1v) is 10.5. The van der Waals surface area contributed by atoms with Crippen molar-refractivity contribution in [3.8, 4) is 0 Å². The van der Waals surface area contributed by atoms with Crippen LogP contribution in [-0.4, -0.2) is 43.1 Å². The molecule has 2 aromatic rings. The van der Waals surface area contributed by atoms with Crippen LogP contribution < -0.4 is 16.0 Å². The van der Waals surface area contributed by atoms with E-state index in [0.29, 0.717) is 6.54 Å². The largest absolute Gasteiger partial charge is 0.357 e. The molecule has 0 bridgehead atoms. The third kappa shape index (κ3) is 9.49. The predicted molar refractivity (Wildman–Crippen MR) is 135 cm³/mol. The summed E-state index contributed by atoms with van der Waals surface area (Å²) in [6.07, 6.45) is 1.01. The van der Waals surface area contributed by atoms with Gasteiger partial charge in [-0.2, -0.15) is 0 Å². The lowest BCUT2D eigenvalue weighted by Crippen LogP contribution is -2.39. The minimum absolute atomic E-state index is 0. The second kappa shape index (κ2) is 13.4. The fourth-order valence-corrected chi connectivity index (χ4v) is 3.30. The highest BCUT2D eigenvalue weighted by molar-refractivity contribution is 14.0. The first-order valence-electron chi connectivity index (χ1n) is 9.66. The summed E-state index contributed by atoms with van der Waals surface area (Å²) in [7, 11) is 2.06. The van der Waals surface area contributed by atoms with Crippen LogP contribution in [0.3, 0.4) is 0 Å². The Morgan fingerprint density at radius 1 is 1.21 bits per heavy atom. The van der Waals surface area contributed by atoms with Crippen LogP contribution in [0.5, 0.6) is 0 Å². The topological polar surface area (TPSA) is 68.8 Å². The van der Waals surface area contributed by atoms with Gasteiger partial charge in [0.1, 0.15) is 0 Å². The number of rotatable bonds is 8. The number of hydrogen-bond donors (Lipinski definition) is 3. The van der Waals surface area contributed by atoms with Crippen molar-refractivity contribution in [2.75, 3.05) is 25.5 Å². The maximum absolute atomic E-state index is 11.8. The number of urea groups is 1. The van der Waals surface area contributed by atoms with Crippen molar-refractivity contribution in [3.05, 3.63) is 52.2 Å². The molecule has 160 valence electrons. The van der Waals surface area contributed by atoms with E-state index < -0.39 is 0 Å². The van der Waals surface area contributed by atoms with Crippen LogP contribution in [0.25, 0.3) is 0 Å². The van der Waals surface area contributed by atoms with E-state index in [2.05, 4.69) is 52.3 Å². The average molecular weight is 529 g/mol. The van der Waals surface area contributed by atoms with Gasteiger partial charge in [-0.1, -0.05) is 18.2 Å². The van der Waals surface area contributed by atoms with Gasteiger partial charge in [-0.15, -0.1) is 35.3 Å². The normalized spacial score (nSPS) is 11.0. The van der Waals surface area contributed by atoms with E-state index in [1.165, 1.54) is 4.88 Å². The number of benzene rings is 1. The fourth-order valence-electron chi connectivity index (χ4n) is 2.60. The standard InChI is InChI=1S/C21H31N5OS.HI/c1-5-22-20(26(4)13-12-19-7-6-14-28-19)23-15-17-8-10-18(11-9-17)25-21(27)24-16(2)3;/h6-11,14,16H,5,12-13,15H2,1-4H3,(H,22,23)(H2,24,25,27);1H. The van der Waals surface area contributed by atoms with Gasteiger partial charge >= 0.3 is 6.03 Å². The zero-order valence-electron chi connectivity index (χ0n) is 17.6. The van der Waals surface area contributed by atoms with E-state index in [1.54, 1.807) is 11.3 Å². The molecule has 1 aromatic heterocycles. The van der Waals surface area contributed by atoms with E-state index in [4.69, 9.17) is 4.99 Å². The minimum atomic E-state index is -0.192. The number of thiophene rings is 1. The third-order valence-electron chi connectivity index (χ3n) is 4.01. The molecule has 3 N–H and O–H groups in total. The van der Waals surface area contributed by atoms with Crippen LogP contribution in [0.1, 0.15) is 31.2 Å². The molecule has 6 nitrogen and oxygen atoms in total. The Hall–Kier alpha value is -1.81. The monoisotopic (exact) mass is 529 g/mol. The Morgan fingerprint density at radius 3 is 2.52 bits per heavy atom. The smallest absolute Gasteiger partial charge is 0.319 e. The molecule has 0 atom stereocenters. The minimum Gasteiger partial charge on any atom is -0.357 e. The number of aliphatic imine (C=N–C) groups is 1. The number of anilines is 1. The van der Waals surface area contributed by atoms with E-state index in [-0.39, 0.29) is 36.0 Å². The number of likely N-dealkylation sites (N-methyl/N-ethyl adjacent to an activating group) is 1. The summed E-state index contributed by atoms with van der Waals surface area (Å²) in [4.78, 5) is 20.1.